The lowest BCUT2D eigenvalue weighted by atomic mass is 9.97. The van der Waals surface area contributed by atoms with Crippen molar-refractivity contribution in [2.24, 2.45) is 11.8 Å². The lowest BCUT2D eigenvalue weighted by molar-refractivity contribution is -0.139. The predicted molar refractivity (Wildman–Crippen MR) is 158 cm³/mol. The number of pyridine rings is 1. The zero-order valence-electron chi connectivity index (χ0n) is 24.0. The van der Waals surface area contributed by atoms with Gasteiger partial charge in [-0.25, -0.2) is 13.4 Å². The Morgan fingerprint density at radius 1 is 1.23 bits per heavy atom. The van der Waals surface area contributed by atoms with Crippen LogP contribution in [0.4, 0.5) is 0 Å². The largest absolute Gasteiger partial charge is 0.489 e. The Balaban J connectivity index is 1.47. The normalized spacial score (nSPS) is 19.4. The summed E-state index contributed by atoms with van der Waals surface area (Å²) in [6, 6.07) is 6.12. The highest BCUT2D eigenvalue weighted by atomic mass is 32.2. The zero-order valence-corrected chi connectivity index (χ0v) is 24.8. The number of aryl methyl sites for hydroxylation is 2. The lowest BCUT2D eigenvalue weighted by Gasteiger charge is -2.17. The summed E-state index contributed by atoms with van der Waals surface area (Å²) < 4.78 is 34.7. The van der Waals surface area contributed by atoms with Crippen molar-refractivity contribution in [1.29, 1.82) is 0 Å². The Morgan fingerprint density at radius 2 is 1.98 bits per heavy atom. The number of fused-ring (bicyclic) bond motifs is 3. The first-order valence-corrected chi connectivity index (χ1v) is 15.8. The van der Waals surface area contributed by atoms with Crippen LogP contribution in [0, 0.1) is 18.8 Å². The average Bonchev–Trinajstić information content (AvgIpc) is 3.49. The molecule has 1 aromatic heterocycles. The topological polar surface area (TPSA) is 103 Å². The maximum atomic E-state index is 11.5. The highest BCUT2D eigenvalue weighted by Crippen LogP contribution is 2.62. The average molecular weight is 566 g/mol. The van der Waals surface area contributed by atoms with E-state index in [2.05, 4.69) is 50.5 Å². The van der Waals surface area contributed by atoms with Gasteiger partial charge in [0.05, 0.1) is 18.3 Å². The highest BCUT2D eigenvalue weighted by Gasteiger charge is 2.59. The smallest absolute Gasteiger partial charge is 0.307 e. The second-order valence-corrected chi connectivity index (χ2v) is 13.3. The van der Waals surface area contributed by atoms with Gasteiger partial charge in [0.1, 0.15) is 22.2 Å². The summed E-state index contributed by atoms with van der Waals surface area (Å²) >= 11 is 0. The minimum Gasteiger partial charge on any atom is -0.489 e. The van der Waals surface area contributed by atoms with Gasteiger partial charge in [-0.05, 0) is 91.5 Å². The van der Waals surface area contributed by atoms with Gasteiger partial charge >= 0.3 is 5.97 Å². The number of rotatable bonds is 13. The molecular formula is C32H39NO6S. The van der Waals surface area contributed by atoms with Gasteiger partial charge in [0.2, 0.25) is 5.88 Å². The molecule has 1 fully saturated rings. The summed E-state index contributed by atoms with van der Waals surface area (Å²) in [5, 5.41) is 9.47. The number of allylic oxidation sites excluding steroid dienone is 3. The van der Waals surface area contributed by atoms with Crippen LogP contribution in [0.2, 0.25) is 0 Å². The Hall–Kier alpha value is -3.39. The molecule has 0 bridgehead atoms. The van der Waals surface area contributed by atoms with Crippen molar-refractivity contribution in [2.45, 2.75) is 52.9 Å². The fraction of sp³-hybridized carbons (Fsp3) is 0.438. The van der Waals surface area contributed by atoms with Crippen molar-refractivity contribution in [3.63, 3.8) is 0 Å². The van der Waals surface area contributed by atoms with Crippen molar-refractivity contribution in [1.82, 2.24) is 4.98 Å². The first-order chi connectivity index (χ1) is 18.9. The van der Waals surface area contributed by atoms with Crippen LogP contribution < -0.4 is 9.47 Å². The molecule has 2 aliphatic carbocycles. The predicted octanol–water partition coefficient (Wildman–Crippen LogP) is 5.72. The van der Waals surface area contributed by atoms with E-state index in [1.807, 2.05) is 13.0 Å². The summed E-state index contributed by atoms with van der Waals surface area (Å²) in [6.45, 7) is 12.9. The molecule has 2 aromatic rings. The van der Waals surface area contributed by atoms with Crippen LogP contribution in [0.25, 0.3) is 5.57 Å². The molecule has 1 aromatic carbocycles. The number of carbonyl (C=O) groups is 1. The number of nitrogens with zero attached hydrogens (tertiary/aromatic N) is 1. The minimum absolute atomic E-state index is 0.0817. The van der Waals surface area contributed by atoms with Crippen molar-refractivity contribution in [2.75, 3.05) is 25.2 Å². The number of ether oxygens (including phenoxy) is 2. The maximum Gasteiger partial charge on any atom is 0.307 e. The van der Waals surface area contributed by atoms with Gasteiger partial charge in [0, 0.05) is 30.0 Å². The van der Waals surface area contributed by atoms with Crippen molar-refractivity contribution in [3.8, 4) is 11.6 Å². The Bertz CT molecular complexity index is 1480. The van der Waals surface area contributed by atoms with E-state index in [0.29, 0.717) is 18.9 Å². The van der Waals surface area contributed by atoms with E-state index in [4.69, 9.17) is 9.47 Å². The SMILES string of the molecule is C=CC(=CC(COc1cc2c(cc1CC)C1C(C2)C1C(=O)O)=C(C)C)c1cnc(OCCCS(C)(=O)=O)cc1C. The molecule has 1 N–H and O–H groups in total. The van der Waals surface area contributed by atoms with Gasteiger partial charge in [-0.15, -0.1) is 0 Å². The number of hydrogen-bond acceptors (Lipinski definition) is 6. The number of sulfone groups is 1. The van der Waals surface area contributed by atoms with Gasteiger partial charge in [-0.1, -0.05) is 31.2 Å². The molecule has 3 atom stereocenters. The molecule has 7 nitrogen and oxygen atoms in total. The summed E-state index contributed by atoms with van der Waals surface area (Å²) in [5.41, 5.74) is 8.47. The second kappa shape index (κ2) is 12.0. The molecular weight excluding hydrogens is 526 g/mol. The van der Waals surface area contributed by atoms with E-state index in [1.165, 1.54) is 17.4 Å². The summed E-state index contributed by atoms with van der Waals surface area (Å²) in [5.74, 6) is 0.853. The standard InChI is InChI=1S/C32H39NO6S/c1-7-21(27-17-33-29(12-20(27)5)38-10-9-11-40(6,36)37)13-24(19(3)4)18-39-28-16-23-15-26-30(31(26)32(34)35)25(23)14-22(28)8-2/h7,12-14,16-17,26,30-31H,1,8-11,15,18H2,2-6H3,(H,34,35). The first-order valence-electron chi connectivity index (χ1n) is 13.7. The van der Waals surface area contributed by atoms with Gasteiger partial charge < -0.3 is 14.6 Å². The molecule has 1 heterocycles. The van der Waals surface area contributed by atoms with Crippen LogP contribution in [-0.4, -0.2) is 49.7 Å². The highest BCUT2D eigenvalue weighted by molar-refractivity contribution is 7.90. The number of carboxylic acids is 1. The number of aromatic nitrogens is 1. The van der Waals surface area contributed by atoms with E-state index < -0.39 is 15.8 Å². The molecule has 1 saturated carbocycles. The lowest BCUT2D eigenvalue weighted by Crippen LogP contribution is -2.08. The molecule has 0 radical (unpaired) electrons. The fourth-order valence-corrected chi connectivity index (χ4v) is 6.20. The third kappa shape index (κ3) is 6.66. The van der Waals surface area contributed by atoms with Crippen LogP contribution in [0.5, 0.6) is 11.6 Å². The molecule has 0 spiro atoms. The second-order valence-electron chi connectivity index (χ2n) is 11.1. The third-order valence-electron chi connectivity index (χ3n) is 7.85. The fourth-order valence-electron chi connectivity index (χ4n) is 5.56. The van der Waals surface area contributed by atoms with Crippen LogP contribution in [0.15, 0.2) is 54.3 Å². The Morgan fingerprint density at radius 3 is 2.58 bits per heavy atom. The van der Waals surface area contributed by atoms with Gasteiger partial charge in [0.25, 0.3) is 0 Å². The number of hydrogen-bond donors (Lipinski definition) is 1. The summed E-state index contributed by atoms with van der Waals surface area (Å²) in [6.07, 6.45) is 8.87. The molecule has 0 amide bonds. The Labute approximate surface area is 237 Å². The van der Waals surface area contributed by atoms with Gasteiger partial charge in [0.15, 0.2) is 0 Å². The van der Waals surface area contributed by atoms with Gasteiger partial charge in [-0.3, -0.25) is 4.79 Å². The van der Waals surface area contributed by atoms with Gasteiger partial charge in [-0.2, -0.15) is 0 Å². The van der Waals surface area contributed by atoms with E-state index in [0.717, 1.165) is 52.0 Å². The minimum atomic E-state index is -3.01. The number of benzene rings is 1. The van der Waals surface area contributed by atoms with E-state index in [-0.39, 0.29) is 30.1 Å². The molecule has 2 aliphatic rings. The van der Waals surface area contributed by atoms with E-state index in [9.17, 15) is 18.3 Å². The van der Waals surface area contributed by atoms with E-state index in [1.54, 1.807) is 12.3 Å². The molecule has 0 aliphatic heterocycles. The molecule has 8 heteroatoms. The Kier molecular flexibility index (Phi) is 8.88. The quantitative estimate of drug-likeness (QED) is 0.245. The molecule has 0 saturated heterocycles. The molecule has 40 heavy (non-hydrogen) atoms. The molecule has 3 unspecified atom stereocenters. The van der Waals surface area contributed by atoms with Crippen molar-refractivity contribution >= 4 is 21.4 Å². The van der Waals surface area contributed by atoms with Crippen LogP contribution in [0.3, 0.4) is 0 Å². The van der Waals surface area contributed by atoms with Crippen LogP contribution in [-0.2, 0) is 27.5 Å². The monoisotopic (exact) mass is 565 g/mol. The van der Waals surface area contributed by atoms with Crippen molar-refractivity contribution in [3.05, 3.63) is 82.1 Å². The third-order valence-corrected chi connectivity index (χ3v) is 8.88. The van der Waals surface area contributed by atoms with Crippen LogP contribution in [0.1, 0.15) is 60.9 Å². The summed E-state index contributed by atoms with van der Waals surface area (Å²) in [7, 11) is -3.01. The maximum absolute atomic E-state index is 11.5. The first kappa shape index (κ1) is 29.6. The summed E-state index contributed by atoms with van der Waals surface area (Å²) in [4.78, 5) is 15.9. The number of aliphatic carboxylic acids is 1. The number of carboxylic acid groups (broad SMARTS) is 1. The molecule has 214 valence electrons. The van der Waals surface area contributed by atoms with Crippen LogP contribution >= 0.6 is 0 Å². The zero-order chi connectivity index (χ0) is 29.2. The van der Waals surface area contributed by atoms with E-state index >= 15 is 0 Å². The molecule has 4 rings (SSSR count). The van der Waals surface area contributed by atoms with Crippen molar-refractivity contribution < 1.29 is 27.8 Å².